The third-order valence-corrected chi connectivity index (χ3v) is 2.88. The molecule has 0 unspecified atom stereocenters. The fraction of sp³-hybridized carbons (Fsp3) is 0.700. The molecule has 2 aliphatic heterocycles. The van der Waals surface area contributed by atoms with Crippen LogP contribution in [0.3, 0.4) is 0 Å². The maximum Gasteiger partial charge on any atom is 0.246 e. The van der Waals surface area contributed by atoms with E-state index >= 15 is 0 Å². The van der Waals surface area contributed by atoms with Crippen molar-refractivity contribution in [1.29, 1.82) is 0 Å². The summed E-state index contributed by atoms with van der Waals surface area (Å²) in [4.78, 5) is 15.6. The number of carbonyl (C=O) groups excluding carboxylic acids is 1. The fourth-order valence-corrected chi connectivity index (χ4v) is 2.47. The molecule has 2 aliphatic rings. The molecule has 0 N–H and O–H groups in total. The minimum Gasteiger partial charge on any atom is -0.338 e. The van der Waals surface area contributed by atoms with Crippen LogP contribution in [0.15, 0.2) is 12.2 Å². The van der Waals surface area contributed by atoms with E-state index in [0.29, 0.717) is 5.41 Å². The standard InChI is InChI=1S/C10H16N2O/c1-3-4-9(13)12-7-10(8-12)5-11(2)6-10/h3-4H,5-8H2,1-2H3/b4-3+. The van der Waals surface area contributed by atoms with Crippen LogP contribution in [-0.4, -0.2) is 48.9 Å². The lowest BCUT2D eigenvalue weighted by Crippen LogP contribution is -2.71. The van der Waals surface area contributed by atoms with Crippen LogP contribution >= 0.6 is 0 Å². The third kappa shape index (κ3) is 1.37. The zero-order chi connectivity index (χ0) is 9.47. The lowest BCUT2D eigenvalue weighted by molar-refractivity contribution is -0.151. The summed E-state index contributed by atoms with van der Waals surface area (Å²) in [6.07, 6.45) is 3.45. The Balaban J connectivity index is 1.82. The highest BCUT2D eigenvalue weighted by Crippen LogP contribution is 2.38. The third-order valence-electron chi connectivity index (χ3n) is 2.88. The number of nitrogens with zero attached hydrogens (tertiary/aromatic N) is 2. The van der Waals surface area contributed by atoms with Gasteiger partial charge in [-0.3, -0.25) is 4.79 Å². The van der Waals surface area contributed by atoms with Gasteiger partial charge >= 0.3 is 0 Å². The molecule has 2 rings (SSSR count). The van der Waals surface area contributed by atoms with Crippen molar-refractivity contribution in [2.24, 2.45) is 5.41 Å². The van der Waals surface area contributed by atoms with Crippen LogP contribution in [0.5, 0.6) is 0 Å². The summed E-state index contributed by atoms with van der Waals surface area (Å²) >= 11 is 0. The molecule has 72 valence electrons. The van der Waals surface area contributed by atoms with Gasteiger partial charge in [-0.2, -0.15) is 0 Å². The number of hydrogen-bond acceptors (Lipinski definition) is 2. The van der Waals surface area contributed by atoms with E-state index in [4.69, 9.17) is 0 Å². The zero-order valence-corrected chi connectivity index (χ0v) is 8.29. The minimum absolute atomic E-state index is 0.169. The Kier molecular flexibility index (Phi) is 1.91. The van der Waals surface area contributed by atoms with Crippen molar-refractivity contribution < 1.29 is 4.79 Å². The van der Waals surface area contributed by atoms with Crippen LogP contribution in [0.1, 0.15) is 6.92 Å². The predicted octanol–water partition coefficient (Wildman–Crippen LogP) is 0.337. The lowest BCUT2D eigenvalue weighted by Gasteiger charge is -2.59. The second-order valence-electron chi connectivity index (χ2n) is 4.37. The van der Waals surface area contributed by atoms with Gasteiger partial charge in [0.25, 0.3) is 0 Å². The van der Waals surface area contributed by atoms with E-state index in [1.54, 1.807) is 12.2 Å². The summed E-state index contributed by atoms with van der Waals surface area (Å²) in [6, 6.07) is 0. The van der Waals surface area contributed by atoms with Crippen LogP contribution < -0.4 is 0 Å². The number of carbonyl (C=O) groups is 1. The molecule has 2 fully saturated rings. The summed E-state index contributed by atoms with van der Waals surface area (Å²) in [5.41, 5.74) is 0.464. The minimum atomic E-state index is 0.169. The van der Waals surface area contributed by atoms with Crippen molar-refractivity contribution in [2.75, 3.05) is 33.2 Å². The fourth-order valence-electron chi connectivity index (χ4n) is 2.47. The zero-order valence-electron chi connectivity index (χ0n) is 8.29. The summed E-state index contributed by atoms with van der Waals surface area (Å²) in [7, 11) is 2.13. The Morgan fingerprint density at radius 2 is 1.92 bits per heavy atom. The summed E-state index contributed by atoms with van der Waals surface area (Å²) in [6.45, 7) is 6.12. The van der Waals surface area contributed by atoms with Gasteiger partial charge in [-0.15, -0.1) is 0 Å². The van der Waals surface area contributed by atoms with Crippen LogP contribution in [0.25, 0.3) is 0 Å². The maximum atomic E-state index is 11.4. The monoisotopic (exact) mass is 180 g/mol. The normalized spacial score (nSPS) is 26.2. The SMILES string of the molecule is C/C=C/C(=O)N1CC2(CN(C)C2)C1. The van der Waals surface area contributed by atoms with Gasteiger partial charge in [-0.25, -0.2) is 0 Å². The first-order valence-electron chi connectivity index (χ1n) is 4.75. The van der Waals surface area contributed by atoms with E-state index in [1.807, 2.05) is 11.8 Å². The quantitative estimate of drug-likeness (QED) is 0.543. The number of rotatable bonds is 1. The summed E-state index contributed by atoms with van der Waals surface area (Å²) in [5, 5.41) is 0. The molecule has 2 heterocycles. The average Bonchev–Trinajstić information content (AvgIpc) is 1.94. The van der Waals surface area contributed by atoms with Gasteiger partial charge in [-0.1, -0.05) is 6.08 Å². The summed E-state index contributed by atoms with van der Waals surface area (Å²) < 4.78 is 0. The molecule has 0 aromatic heterocycles. The molecule has 0 saturated carbocycles. The highest BCUT2D eigenvalue weighted by molar-refractivity contribution is 5.88. The smallest absolute Gasteiger partial charge is 0.246 e. The molecule has 0 radical (unpaired) electrons. The topological polar surface area (TPSA) is 23.6 Å². The van der Waals surface area contributed by atoms with E-state index < -0.39 is 0 Å². The molecular formula is C10H16N2O. The predicted molar refractivity (Wildman–Crippen MR) is 51.3 cm³/mol. The molecule has 1 amide bonds. The number of amides is 1. The maximum absolute atomic E-state index is 11.4. The Morgan fingerprint density at radius 3 is 2.38 bits per heavy atom. The largest absolute Gasteiger partial charge is 0.338 e. The van der Waals surface area contributed by atoms with Crippen molar-refractivity contribution in [3.63, 3.8) is 0 Å². The molecule has 0 aliphatic carbocycles. The molecule has 13 heavy (non-hydrogen) atoms. The first-order valence-corrected chi connectivity index (χ1v) is 4.75. The summed E-state index contributed by atoms with van der Waals surface area (Å²) in [5.74, 6) is 0.169. The second-order valence-corrected chi connectivity index (χ2v) is 4.37. The molecule has 3 nitrogen and oxygen atoms in total. The van der Waals surface area contributed by atoms with Gasteiger partial charge < -0.3 is 9.80 Å². The van der Waals surface area contributed by atoms with Gasteiger partial charge in [0, 0.05) is 31.6 Å². The molecule has 0 bridgehead atoms. The molecule has 3 heteroatoms. The van der Waals surface area contributed by atoms with E-state index in [0.717, 1.165) is 26.2 Å². The first-order chi connectivity index (χ1) is 6.15. The Bertz CT molecular complexity index is 246. The van der Waals surface area contributed by atoms with Crippen molar-refractivity contribution in [3.8, 4) is 0 Å². The number of allylic oxidation sites excluding steroid dienone is 1. The molecule has 1 spiro atoms. The van der Waals surface area contributed by atoms with Gasteiger partial charge in [0.2, 0.25) is 5.91 Å². The van der Waals surface area contributed by atoms with Gasteiger partial charge in [0.05, 0.1) is 0 Å². The lowest BCUT2D eigenvalue weighted by atomic mass is 9.73. The van der Waals surface area contributed by atoms with E-state index in [-0.39, 0.29) is 5.91 Å². The number of hydrogen-bond donors (Lipinski definition) is 0. The van der Waals surface area contributed by atoms with Crippen molar-refractivity contribution in [2.45, 2.75) is 6.92 Å². The molecule has 0 aromatic rings. The van der Waals surface area contributed by atoms with Gasteiger partial charge in [0.15, 0.2) is 0 Å². The van der Waals surface area contributed by atoms with Gasteiger partial charge in [0.1, 0.15) is 0 Å². The Morgan fingerprint density at radius 1 is 1.31 bits per heavy atom. The van der Waals surface area contributed by atoms with Crippen LogP contribution in [0.2, 0.25) is 0 Å². The van der Waals surface area contributed by atoms with Crippen molar-refractivity contribution >= 4 is 5.91 Å². The molecule has 0 aromatic carbocycles. The van der Waals surface area contributed by atoms with Crippen LogP contribution in [0.4, 0.5) is 0 Å². The van der Waals surface area contributed by atoms with E-state index in [2.05, 4.69) is 11.9 Å². The Hall–Kier alpha value is -0.830. The Labute approximate surface area is 79.0 Å². The highest BCUT2D eigenvalue weighted by Gasteiger charge is 2.51. The molecule has 2 saturated heterocycles. The first kappa shape index (κ1) is 8.75. The van der Waals surface area contributed by atoms with Crippen molar-refractivity contribution in [3.05, 3.63) is 12.2 Å². The molecule has 0 atom stereocenters. The van der Waals surface area contributed by atoms with E-state index in [9.17, 15) is 4.79 Å². The van der Waals surface area contributed by atoms with Gasteiger partial charge in [-0.05, 0) is 20.0 Å². The van der Waals surface area contributed by atoms with Crippen molar-refractivity contribution in [1.82, 2.24) is 9.80 Å². The van der Waals surface area contributed by atoms with Crippen LogP contribution in [-0.2, 0) is 4.79 Å². The second kappa shape index (κ2) is 2.84. The van der Waals surface area contributed by atoms with E-state index in [1.165, 1.54) is 0 Å². The van der Waals surface area contributed by atoms with Crippen LogP contribution in [0, 0.1) is 5.41 Å². The number of likely N-dealkylation sites (tertiary alicyclic amines) is 2. The highest BCUT2D eigenvalue weighted by atomic mass is 16.2. The average molecular weight is 180 g/mol. The molecular weight excluding hydrogens is 164 g/mol.